The molecule has 0 saturated carbocycles. The molecule has 1 aromatic rings. The van der Waals surface area contributed by atoms with E-state index in [1.54, 1.807) is 0 Å². The van der Waals surface area contributed by atoms with Crippen LogP contribution in [0.3, 0.4) is 0 Å². The summed E-state index contributed by atoms with van der Waals surface area (Å²) in [5, 5.41) is 6.51. The third-order valence-corrected chi connectivity index (χ3v) is 3.91. The molecule has 0 saturated heterocycles. The summed E-state index contributed by atoms with van der Waals surface area (Å²) in [6.45, 7) is 16.0. The van der Waals surface area contributed by atoms with Gasteiger partial charge in [-0.2, -0.15) is 0 Å². The molecule has 0 radical (unpaired) electrons. The van der Waals surface area contributed by atoms with Gasteiger partial charge < -0.3 is 15.4 Å². The van der Waals surface area contributed by atoms with Crippen LogP contribution >= 0.6 is 0 Å². The molecule has 1 unspecified atom stereocenters. The van der Waals surface area contributed by atoms with Gasteiger partial charge in [0.2, 0.25) is 5.91 Å². The maximum absolute atomic E-state index is 12.9. The first kappa shape index (κ1) is 22.2. The molecule has 0 aliphatic heterocycles. The molecular formula is C21H34N2O3. The Kier molecular flexibility index (Phi) is 7.82. The van der Waals surface area contributed by atoms with Crippen molar-refractivity contribution in [2.75, 3.05) is 5.32 Å². The monoisotopic (exact) mass is 362 g/mol. The van der Waals surface area contributed by atoms with Crippen molar-refractivity contribution < 1.29 is 14.3 Å². The van der Waals surface area contributed by atoms with Crippen LogP contribution in [-0.2, 0) is 20.9 Å². The average molecular weight is 363 g/mol. The van der Waals surface area contributed by atoms with Crippen LogP contribution in [0.2, 0.25) is 0 Å². The van der Waals surface area contributed by atoms with E-state index in [1.165, 1.54) is 6.92 Å². The van der Waals surface area contributed by atoms with E-state index in [9.17, 15) is 9.59 Å². The van der Waals surface area contributed by atoms with Gasteiger partial charge in [-0.25, -0.2) is 0 Å². The SMILES string of the molecule is CC(=O)OCc1cc(C)c(NC(=O)C(CC(C)C)NC(C)(C)C)c(C)c1. The van der Waals surface area contributed by atoms with E-state index in [1.807, 2.05) is 26.0 Å². The fraction of sp³-hybridized carbons (Fsp3) is 0.619. The van der Waals surface area contributed by atoms with Crippen molar-refractivity contribution in [2.24, 2.45) is 5.92 Å². The van der Waals surface area contributed by atoms with E-state index in [0.29, 0.717) is 5.92 Å². The van der Waals surface area contributed by atoms with Crippen LogP contribution in [0.25, 0.3) is 0 Å². The molecular weight excluding hydrogens is 328 g/mol. The third-order valence-electron chi connectivity index (χ3n) is 3.91. The van der Waals surface area contributed by atoms with Crippen LogP contribution in [0.1, 0.15) is 64.7 Å². The van der Waals surface area contributed by atoms with Crippen molar-refractivity contribution in [1.82, 2.24) is 5.32 Å². The number of nitrogens with one attached hydrogen (secondary N) is 2. The van der Waals surface area contributed by atoms with Gasteiger partial charge in [0.25, 0.3) is 0 Å². The molecule has 26 heavy (non-hydrogen) atoms. The van der Waals surface area contributed by atoms with Crippen LogP contribution in [0, 0.1) is 19.8 Å². The number of esters is 1. The molecule has 0 aromatic heterocycles. The lowest BCUT2D eigenvalue weighted by Gasteiger charge is -2.29. The topological polar surface area (TPSA) is 67.4 Å². The van der Waals surface area contributed by atoms with Gasteiger partial charge in [0.15, 0.2) is 0 Å². The number of amides is 1. The second-order valence-electron chi connectivity index (χ2n) is 8.45. The molecule has 1 amide bonds. The van der Waals surface area contributed by atoms with Crippen LogP contribution < -0.4 is 10.6 Å². The molecule has 1 aromatic carbocycles. The van der Waals surface area contributed by atoms with Crippen molar-refractivity contribution >= 4 is 17.6 Å². The Morgan fingerprint density at radius 1 is 1.12 bits per heavy atom. The zero-order valence-corrected chi connectivity index (χ0v) is 17.4. The summed E-state index contributed by atoms with van der Waals surface area (Å²) in [5.41, 5.74) is 3.51. The summed E-state index contributed by atoms with van der Waals surface area (Å²) in [6, 6.07) is 3.63. The van der Waals surface area contributed by atoms with E-state index in [0.717, 1.165) is 28.8 Å². The van der Waals surface area contributed by atoms with Crippen LogP contribution in [-0.4, -0.2) is 23.5 Å². The first-order chi connectivity index (χ1) is 11.9. The van der Waals surface area contributed by atoms with Gasteiger partial charge in [-0.05, 0) is 63.6 Å². The number of aryl methyl sites for hydroxylation is 2. The first-order valence-electron chi connectivity index (χ1n) is 9.21. The first-order valence-corrected chi connectivity index (χ1v) is 9.21. The number of anilines is 1. The Bertz CT molecular complexity index is 622. The van der Waals surface area contributed by atoms with Crippen molar-refractivity contribution in [2.45, 2.75) is 80.0 Å². The zero-order chi connectivity index (χ0) is 20.1. The highest BCUT2D eigenvalue weighted by atomic mass is 16.5. The maximum Gasteiger partial charge on any atom is 0.302 e. The van der Waals surface area contributed by atoms with Gasteiger partial charge in [0.1, 0.15) is 6.61 Å². The van der Waals surface area contributed by atoms with Crippen LogP contribution in [0.5, 0.6) is 0 Å². The summed E-state index contributed by atoms with van der Waals surface area (Å²) in [6.07, 6.45) is 0.770. The lowest BCUT2D eigenvalue weighted by molar-refractivity contribution is -0.142. The van der Waals surface area contributed by atoms with Gasteiger partial charge in [-0.15, -0.1) is 0 Å². The van der Waals surface area contributed by atoms with E-state index in [4.69, 9.17) is 4.74 Å². The lowest BCUT2D eigenvalue weighted by Crippen LogP contribution is -2.50. The third kappa shape index (κ3) is 7.56. The number of hydrogen-bond donors (Lipinski definition) is 2. The minimum Gasteiger partial charge on any atom is -0.461 e. The van der Waals surface area contributed by atoms with E-state index < -0.39 is 0 Å². The minimum absolute atomic E-state index is 0.0208. The Morgan fingerprint density at radius 3 is 2.08 bits per heavy atom. The van der Waals surface area contributed by atoms with Crippen LogP contribution in [0.15, 0.2) is 12.1 Å². The second kappa shape index (κ2) is 9.17. The molecule has 146 valence electrons. The predicted octanol–water partition coefficient (Wildman–Crippen LogP) is 4.11. The van der Waals surface area contributed by atoms with E-state index in [2.05, 4.69) is 45.3 Å². The lowest BCUT2D eigenvalue weighted by atomic mass is 9.98. The van der Waals surface area contributed by atoms with Crippen LogP contribution in [0.4, 0.5) is 5.69 Å². The Labute approximate surface area is 157 Å². The van der Waals surface area contributed by atoms with Crippen molar-refractivity contribution in [3.05, 3.63) is 28.8 Å². The number of rotatable bonds is 7. The quantitative estimate of drug-likeness (QED) is 0.716. The minimum atomic E-state index is -0.303. The van der Waals surface area contributed by atoms with E-state index in [-0.39, 0.29) is 30.1 Å². The summed E-state index contributed by atoms with van der Waals surface area (Å²) < 4.78 is 5.06. The number of carbonyl (C=O) groups excluding carboxylic acids is 2. The highest BCUT2D eigenvalue weighted by molar-refractivity contribution is 5.96. The van der Waals surface area contributed by atoms with Crippen molar-refractivity contribution in [3.8, 4) is 0 Å². The molecule has 5 nitrogen and oxygen atoms in total. The summed E-state index contributed by atoms with van der Waals surface area (Å²) in [4.78, 5) is 23.9. The standard InChI is InChI=1S/C21H34N2O3/c1-13(2)9-18(23-21(6,7)8)20(25)22-19-14(3)10-17(11-15(19)4)12-26-16(5)24/h10-11,13,18,23H,9,12H2,1-8H3,(H,22,25). The smallest absolute Gasteiger partial charge is 0.302 e. The van der Waals surface area contributed by atoms with Gasteiger partial charge in [0.05, 0.1) is 6.04 Å². The fourth-order valence-electron chi connectivity index (χ4n) is 2.95. The molecule has 1 rings (SSSR count). The normalized spacial score (nSPS) is 12.8. The molecule has 0 heterocycles. The number of ether oxygens (including phenoxy) is 1. The second-order valence-corrected chi connectivity index (χ2v) is 8.45. The zero-order valence-electron chi connectivity index (χ0n) is 17.4. The molecule has 0 bridgehead atoms. The van der Waals surface area contributed by atoms with E-state index >= 15 is 0 Å². The molecule has 0 aliphatic rings. The number of benzene rings is 1. The largest absolute Gasteiger partial charge is 0.461 e. The molecule has 5 heteroatoms. The van der Waals surface area contributed by atoms with Gasteiger partial charge in [0, 0.05) is 18.2 Å². The molecule has 0 aliphatic carbocycles. The van der Waals surface area contributed by atoms with Gasteiger partial charge in [-0.1, -0.05) is 26.0 Å². The van der Waals surface area contributed by atoms with Crippen molar-refractivity contribution in [1.29, 1.82) is 0 Å². The molecule has 2 N–H and O–H groups in total. The number of hydrogen-bond acceptors (Lipinski definition) is 4. The fourth-order valence-corrected chi connectivity index (χ4v) is 2.95. The maximum atomic E-state index is 12.9. The highest BCUT2D eigenvalue weighted by Crippen LogP contribution is 2.24. The number of carbonyl (C=O) groups is 2. The highest BCUT2D eigenvalue weighted by Gasteiger charge is 2.25. The Hall–Kier alpha value is -1.88. The summed E-state index contributed by atoms with van der Waals surface area (Å²) in [7, 11) is 0. The van der Waals surface area contributed by atoms with Crippen molar-refractivity contribution in [3.63, 3.8) is 0 Å². The summed E-state index contributed by atoms with van der Waals surface area (Å²) in [5.74, 6) is 0.0870. The molecule has 0 spiro atoms. The molecule has 0 fully saturated rings. The Balaban J connectivity index is 2.96. The predicted molar refractivity (Wildman–Crippen MR) is 106 cm³/mol. The summed E-state index contributed by atoms with van der Waals surface area (Å²) >= 11 is 0. The van der Waals surface area contributed by atoms with Gasteiger partial charge in [-0.3, -0.25) is 9.59 Å². The Morgan fingerprint density at radius 2 is 1.65 bits per heavy atom. The average Bonchev–Trinajstić information content (AvgIpc) is 2.46. The van der Waals surface area contributed by atoms with Gasteiger partial charge >= 0.3 is 5.97 Å². The molecule has 1 atom stereocenters.